The normalized spacial score (nSPS) is 18.8. The van der Waals surface area contributed by atoms with E-state index in [9.17, 15) is 0 Å². The molecule has 2 heterocycles. The van der Waals surface area contributed by atoms with Crippen LogP contribution >= 0.6 is 24.0 Å². The van der Waals surface area contributed by atoms with Gasteiger partial charge in [0.2, 0.25) is 0 Å². The molecule has 1 aliphatic heterocycles. The van der Waals surface area contributed by atoms with Crippen molar-refractivity contribution in [1.82, 2.24) is 20.5 Å². The van der Waals surface area contributed by atoms with Crippen molar-refractivity contribution in [3.63, 3.8) is 0 Å². The average molecular weight is 445 g/mol. The molecule has 6 heteroatoms. The van der Waals surface area contributed by atoms with Gasteiger partial charge in [-0.15, -0.1) is 24.0 Å². The highest BCUT2D eigenvalue weighted by atomic mass is 127. The molecule has 0 spiro atoms. The summed E-state index contributed by atoms with van der Waals surface area (Å²) in [5.74, 6) is 0.881. The molecule has 24 heavy (non-hydrogen) atoms. The van der Waals surface area contributed by atoms with E-state index in [2.05, 4.69) is 38.5 Å². The molecule has 0 radical (unpaired) electrons. The number of pyridine rings is 1. The second-order valence-corrected chi connectivity index (χ2v) is 6.09. The molecule has 1 aliphatic rings. The van der Waals surface area contributed by atoms with Crippen LogP contribution in [-0.4, -0.2) is 55.1 Å². The summed E-state index contributed by atoms with van der Waals surface area (Å²) < 4.78 is 0. The van der Waals surface area contributed by atoms with E-state index in [1.54, 1.807) is 0 Å². The summed E-state index contributed by atoms with van der Waals surface area (Å²) in [6.45, 7) is 6.43. The zero-order chi connectivity index (χ0) is 16.3. The number of aliphatic imine (C=N–C) groups is 1. The van der Waals surface area contributed by atoms with Crippen molar-refractivity contribution in [2.24, 2.45) is 4.99 Å². The molecule has 5 nitrogen and oxygen atoms in total. The SMILES string of the molecule is CCC1CCCCN1CCNC(=NC)NCCc1ccccn1.I. The van der Waals surface area contributed by atoms with Gasteiger partial charge in [0.15, 0.2) is 5.96 Å². The third-order valence-electron chi connectivity index (χ3n) is 4.54. The predicted octanol–water partition coefficient (Wildman–Crippen LogP) is 2.67. The Bertz CT molecular complexity index is 466. The molecule has 1 unspecified atom stereocenters. The van der Waals surface area contributed by atoms with Crippen LogP contribution in [0.5, 0.6) is 0 Å². The maximum atomic E-state index is 4.34. The van der Waals surface area contributed by atoms with E-state index in [4.69, 9.17) is 0 Å². The maximum absolute atomic E-state index is 4.34. The van der Waals surface area contributed by atoms with Gasteiger partial charge in [-0.2, -0.15) is 0 Å². The Morgan fingerprint density at radius 3 is 2.83 bits per heavy atom. The van der Waals surface area contributed by atoms with Gasteiger partial charge >= 0.3 is 0 Å². The van der Waals surface area contributed by atoms with Crippen LogP contribution in [0.3, 0.4) is 0 Å². The third-order valence-corrected chi connectivity index (χ3v) is 4.54. The molecule has 1 atom stereocenters. The first kappa shape index (κ1) is 21.2. The Balaban J connectivity index is 0.00000288. The van der Waals surface area contributed by atoms with Crippen molar-refractivity contribution in [3.05, 3.63) is 30.1 Å². The first-order valence-electron chi connectivity index (χ1n) is 8.92. The lowest BCUT2D eigenvalue weighted by Gasteiger charge is -2.35. The van der Waals surface area contributed by atoms with Gasteiger partial charge in [-0.1, -0.05) is 19.4 Å². The molecule has 0 aliphatic carbocycles. The Morgan fingerprint density at radius 2 is 2.12 bits per heavy atom. The standard InChI is InChI=1S/C18H31N5.HI/c1-3-17-9-5-7-14-23(17)15-13-22-18(19-2)21-12-10-16-8-4-6-11-20-16;/h4,6,8,11,17H,3,5,7,9-10,12-15H2,1-2H3,(H2,19,21,22);1H. The highest BCUT2D eigenvalue weighted by molar-refractivity contribution is 14.0. The van der Waals surface area contributed by atoms with E-state index in [1.807, 2.05) is 25.4 Å². The van der Waals surface area contributed by atoms with Crippen molar-refractivity contribution >= 4 is 29.9 Å². The molecular weight excluding hydrogens is 413 g/mol. The van der Waals surface area contributed by atoms with E-state index in [-0.39, 0.29) is 24.0 Å². The summed E-state index contributed by atoms with van der Waals surface area (Å²) in [6, 6.07) is 6.79. The average Bonchev–Trinajstić information content (AvgIpc) is 2.61. The summed E-state index contributed by atoms with van der Waals surface area (Å²) >= 11 is 0. The topological polar surface area (TPSA) is 52.5 Å². The van der Waals surface area contributed by atoms with Gasteiger partial charge in [-0.25, -0.2) is 0 Å². The zero-order valence-corrected chi connectivity index (χ0v) is 17.3. The van der Waals surface area contributed by atoms with Crippen LogP contribution in [-0.2, 0) is 6.42 Å². The number of rotatable bonds is 7. The minimum absolute atomic E-state index is 0. The van der Waals surface area contributed by atoms with E-state index >= 15 is 0 Å². The quantitative estimate of drug-likeness (QED) is 0.385. The van der Waals surface area contributed by atoms with Gasteiger partial charge in [0, 0.05) is 51.0 Å². The minimum Gasteiger partial charge on any atom is -0.356 e. The number of halogens is 1. The lowest BCUT2D eigenvalue weighted by atomic mass is 10.0. The minimum atomic E-state index is 0. The number of guanidine groups is 1. The summed E-state index contributed by atoms with van der Waals surface area (Å²) in [5.41, 5.74) is 1.11. The molecule has 0 bridgehead atoms. The molecule has 2 N–H and O–H groups in total. The number of nitrogens with zero attached hydrogens (tertiary/aromatic N) is 3. The number of piperidine rings is 1. The maximum Gasteiger partial charge on any atom is 0.191 e. The van der Waals surface area contributed by atoms with Crippen LogP contribution in [0.2, 0.25) is 0 Å². The van der Waals surface area contributed by atoms with Gasteiger partial charge < -0.3 is 10.6 Å². The monoisotopic (exact) mass is 445 g/mol. The van der Waals surface area contributed by atoms with Crippen molar-refractivity contribution < 1.29 is 0 Å². The first-order chi connectivity index (χ1) is 11.3. The molecule has 0 saturated carbocycles. The number of nitrogens with one attached hydrogen (secondary N) is 2. The fraction of sp³-hybridized carbons (Fsp3) is 0.667. The fourth-order valence-electron chi connectivity index (χ4n) is 3.21. The van der Waals surface area contributed by atoms with Crippen LogP contribution in [0.25, 0.3) is 0 Å². The van der Waals surface area contributed by atoms with Crippen molar-refractivity contribution in [3.8, 4) is 0 Å². The second kappa shape index (κ2) is 12.5. The Hall–Kier alpha value is -0.890. The molecule has 1 fully saturated rings. The molecular formula is C18H32IN5. The number of likely N-dealkylation sites (tertiary alicyclic amines) is 1. The zero-order valence-electron chi connectivity index (χ0n) is 15.0. The van der Waals surface area contributed by atoms with Crippen molar-refractivity contribution in [1.29, 1.82) is 0 Å². The summed E-state index contributed by atoms with van der Waals surface area (Å²) in [4.78, 5) is 11.3. The Labute approximate surface area is 163 Å². The highest BCUT2D eigenvalue weighted by Gasteiger charge is 2.19. The molecule has 1 aromatic heterocycles. The fourth-order valence-corrected chi connectivity index (χ4v) is 3.21. The number of aromatic nitrogens is 1. The lowest BCUT2D eigenvalue weighted by Crippen LogP contribution is -2.46. The highest BCUT2D eigenvalue weighted by Crippen LogP contribution is 2.18. The Kier molecular flexibility index (Phi) is 11.0. The van der Waals surface area contributed by atoms with Crippen LogP contribution in [0.4, 0.5) is 0 Å². The molecule has 1 aromatic rings. The van der Waals surface area contributed by atoms with Gasteiger partial charge in [0.1, 0.15) is 0 Å². The lowest BCUT2D eigenvalue weighted by molar-refractivity contribution is 0.147. The van der Waals surface area contributed by atoms with E-state index in [0.717, 1.165) is 43.8 Å². The molecule has 0 amide bonds. The molecule has 136 valence electrons. The van der Waals surface area contributed by atoms with Gasteiger partial charge in [0.25, 0.3) is 0 Å². The molecule has 2 rings (SSSR count). The predicted molar refractivity (Wildman–Crippen MR) is 112 cm³/mol. The van der Waals surface area contributed by atoms with Crippen LogP contribution in [0.1, 0.15) is 38.3 Å². The van der Waals surface area contributed by atoms with Crippen LogP contribution in [0, 0.1) is 0 Å². The first-order valence-corrected chi connectivity index (χ1v) is 8.92. The summed E-state index contributed by atoms with van der Waals surface area (Å²) in [6.07, 6.45) is 8.09. The second-order valence-electron chi connectivity index (χ2n) is 6.09. The van der Waals surface area contributed by atoms with Crippen molar-refractivity contribution in [2.45, 2.75) is 45.1 Å². The summed E-state index contributed by atoms with van der Waals surface area (Å²) in [7, 11) is 1.83. The van der Waals surface area contributed by atoms with Gasteiger partial charge in [-0.3, -0.25) is 14.9 Å². The third kappa shape index (κ3) is 7.34. The van der Waals surface area contributed by atoms with Gasteiger partial charge in [0.05, 0.1) is 0 Å². The van der Waals surface area contributed by atoms with Crippen LogP contribution in [0.15, 0.2) is 29.4 Å². The van der Waals surface area contributed by atoms with E-state index in [1.165, 1.54) is 32.2 Å². The van der Waals surface area contributed by atoms with Crippen molar-refractivity contribution in [2.75, 3.05) is 33.2 Å². The Morgan fingerprint density at radius 1 is 1.29 bits per heavy atom. The number of hydrogen-bond acceptors (Lipinski definition) is 3. The van der Waals surface area contributed by atoms with E-state index < -0.39 is 0 Å². The van der Waals surface area contributed by atoms with Gasteiger partial charge in [-0.05, 0) is 37.9 Å². The summed E-state index contributed by atoms with van der Waals surface area (Å²) in [5, 5.41) is 6.79. The molecule has 1 saturated heterocycles. The molecule has 0 aromatic carbocycles. The van der Waals surface area contributed by atoms with Crippen LogP contribution < -0.4 is 10.6 Å². The largest absolute Gasteiger partial charge is 0.356 e. The van der Waals surface area contributed by atoms with E-state index in [0.29, 0.717) is 0 Å². The number of hydrogen-bond donors (Lipinski definition) is 2. The smallest absolute Gasteiger partial charge is 0.191 e.